The first-order valence-electron chi connectivity index (χ1n) is 7.70. The van der Waals surface area contributed by atoms with E-state index >= 15 is 0 Å². The van der Waals surface area contributed by atoms with Crippen molar-refractivity contribution in [1.29, 1.82) is 0 Å². The smallest absolute Gasteiger partial charge is 0.273 e. The zero-order valence-electron chi connectivity index (χ0n) is 13.3. The fourth-order valence-electron chi connectivity index (χ4n) is 2.28. The average Bonchev–Trinajstić information content (AvgIpc) is 3.26. The van der Waals surface area contributed by atoms with E-state index in [9.17, 15) is 9.18 Å². The van der Waals surface area contributed by atoms with Crippen molar-refractivity contribution in [2.45, 2.75) is 19.5 Å². The summed E-state index contributed by atoms with van der Waals surface area (Å²) in [6.45, 7) is 1.60. The number of amides is 1. The number of hydrogen-bond acceptors (Lipinski definition) is 4. The highest BCUT2D eigenvalue weighted by atomic mass is 35.5. The van der Waals surface area contributed by atoms with Crippen molar-refractivity contribution in [1.82, 2.24) is 29.9 Å². The Labute approximate surface area is 148 Å². The maximum Gasteiger partial charge on any atom is 0.273 e. The maximum absolute atomic E-state index is 13.1. The third-order valence-electron chi connectivity index (χ3n) is 3.56. The number of carbonyl (C=O) groups excluding carboxylic acids is 1. The van der Waals surface area contributed by atoms with E-state index in [-0.39, 0.29) is 11.6 Å². The molecule has 1 N–H and O–H groups in total. The van der Waals surface area contributed by atoms with Crippen molar-refractivity contribution >= 4 is 17.5 Å². The monoisotopic (exact) mass is 362 g/mol. The fraction of sp³-hybridized carbons (Fsp3) is 0.250. The Morgan fingerprint density at radius 3 is 3.00 bits per heavy atom. The van der Waals surface area contributed by atoms with Crippen LogP contribution in [0.3, 0.4) is 0 Å². The number of aryl methyl sites for hydroxylation is 1. The quantitative estimate of drug-likeness (QED) is 0.653. The Balaban J connectivity index is 1.50. The molecule has 1 amide bonds. The lowest BCUT2D eigenvalue weighted by Crippen LogP contribution is -2.25. The molecule has 9 heteroatoms. The summed E-state index contributed by atoms with van der Waals surface area (Å²) in [6.07, 6.45) is 7.62. The van der Waals surface area contributed by atoms with Crippen LogP contribution in [0.2, 0.25) is 5.02 Å². The zero-order chi connectivity index (χ0) is 17.6. The summed E-state index contributed by atoms with van der Waals surface area (Å²) in [5, 5.41) is 10.9. The van der Waals surface area contributed by atoms with E-state index in [2.05, 4.69) is 20.6 Å². The molecule has 2 heterocycles. The van der Waals surface area contributed by atoms with Crippen molar-refractivity contribution < 1.29 is 9.18 Å². The topological polar surface area (TPSA) is 77.6 Å². The predicted octanol–water partition coefficient (Wildman–Crippen LogP) is 2.14. The summed E-state index contributed by atoms with van der Waals surface area (Å²) in [4.78, 5) is 16.0. The van der Waals surface area contributed by atoms with Crippen molar-refractivity contribution in [3.63, 3.8) is 0 Å². The van der Waals surface area contributed by atoms with Gasteiger partial charge in [0.05, 0.1) is 19.1 Å². The molecule has 0 unspecified atom stereocenters. The molecule has 0 radical (unpaired) electrons. The molecular formula is C16H16ClFN6O. The van der Waals surface area contributed by atoms with E-state index in [4.69, 9.17) is 11.6 Å². The molecule has 0 saturated carbocycles. The van der Waals surface area contributed by atoms with Gasteiger partial charge in [-0.2, -0.15) is 0 Å². The molecule has 3 rings (SSSR count). The number of benzene rings is 1. The molecule has 0 fully saturated rings. The van der Waals surface area contributed by atoms with E-state index in [0.29, 0.717) is 23.7 Å². The standard InChI is InChI=1S/C16H16ClFN6O/c17-14-8-13(18)3-2-12(14)9-24-10-15(21-22-24)16(25)20-4-1-6-23-7-5-19-11-23/h2-3,5,7-8,10-11H,1,4,6,9H2,(H,20,25). The summed E-state index contributed by atoms with van der Waals surface area (Å²) in [6, 6.07) is 4.14. The van der Waals surface area contributed by atoms with Crippen molar-refractivity contribution in [3.05, 3.63) is 65.2 Å². The average molecular weight is 363 g/mol. The highest BCUT2D eigenvalue weighted by Gasteiger charge is 2.11. The minimum atomic E-state index is -0.400. The molecule has 0 aliphatic carbocycles. The highest BCUT2D eigenvalue weighted by molar-refractivity contribution is 6.31. The number of halogens is 2. The number of rotatable bonds is 7. The summed E-state index contributed by atoms with van der Waals surface area (Å²) >= 11 is 5.99. The molecule has 130 valence electrons. The lowest BCUT2D eigenvalue weighted by molar-refractivity contribution is 0.0947. The van der Waals surface area contributed by atoms with E-state index in [1.165, 1.54) is 23.0 Å². The first kappa shape index (κ1) is 17.1. The van der Waals surface area contributed by atoms with E-state index in [0.717, 1.165) is 13.0 Å². The van der Waals surface area contributed by atoms with Crippen LogP contribution >= 0.6 is 11.6 Å². The van der Waals surface area contributed by atoms with Crippen molar-refractivity contribution in [2.75, 3.05) is 6.54 Å². The third kappa shape index (κ3) is 4.63. The van der Waals surface area contributed by atoms with Crippen LogP contribution in [0.15, 0.2) is 43.1 Å². The maximum atomic E-state index is 13.1. The molecule has 7 nitrogen and oxygen atoms in total. The Morgan fingerprint density at radius 2 is 2.24 bits per heavy atom. The largest absolute Gasteiger partial charge is 0.351 e. The summed E-state index contributed by atoms with van der Waals surface area (Å²) in [7, 11) is 0. The summed E-state index contributed by atoms with van der Waals surface area (Å²) in [5.74, 6) is -0.690. The SMILES string of the molecule is O=C(NCCCn1ccnc1)c1cn(Cc2ccc(F)cc2Cl)nn1. The molecule has 0 spiro atoms. The van der Waals surface area contributed by atoms with Crippen LogP contribution in [0, 0.1) is 5.82 Å². The van der Waals surface area contributed by atoms with Gasteiger partial charge in [0.25, 0.3) is 5.91 Å². The first-order valence-corrected chi connectivity index (χ1v) is 8.07. The second kappa shape index (κ2) is 7.89. The second-order valence-corrected chi connectivity index (χ2v) is 5.85. The molecule has 0 atom stereocenters. The lowest BCUT2D eigenvalue weighted by Gasteiger charge is -2.04. The van der Waals surface area contributed by atoms with E-state index in [1.807, 2.05) is 10.8 Å². The lowest BCUT2D eigenvalue weighted by atomic mass is 10.2. The van der Waals surface area contributed by atoms with Gasteiger partial charge in [-0.05, 0) is 24.1 Å². The van der Waals surface area contributed by atoms with Crippen molar-refractivity contribution in [3.8, 4) is 0 Å². The van der Waals surface area contributed by atoms with Gasteiger partial charge in [0.2, 0.25) is 0 Å². The van der Waals surface area contributed by atoms with Crippen LogP contribution in [-0.4, -0.2) is 37.0 Å². The van der Waals surface area contributed by atoms with Crippen LogP contribution in [0.5, 0.6) is 0 Å². The molecule has 25 heavy (non-hydrogen) atoms. The number of hydrogen-bond donors (Lipinski definition) is 1. The van der Waals surface area contributed by atoms with Gasteiger partial charge in [-0.15, -0.1) is 5.10 Å². The molecule has 0 aliphatic rings. The number of nitrogens with zero attached hydrogens (tertiary/aromatic N) is 5. The molecule has 1 aromatic carbocycles. The molecule has 3 aromatic rings. The van der Waals surface area contributed by atoms with Gasteiger partial charge in [-0.3, -0.25) is 4.79 Å². The Morgan fingerprint density at radius 1 is 1.36 bits per heavy atom. The van der Waals surface area contributed by atoms with Crippen LogP contribution in [0.25, 0.3) is 0 Å². The third-order valence-corrected chi connectivity index (χ3v) is 3.91. The van der Waals surface area contributed by atoms with Gasteiger partial charge in [0.1, 0.15) is 5.82 Å². The Hall–Kier alpha value is -2.74. The molecular weight excluding hydrogens is 347 g/mol. The number of nitrogens with one attached hydrogen (secondary N) is 1. The van der Waals surface area contributed by atoms with Gasteiger partial charge in [-0.25, -0.2) is 14.1 Å². The van der Waals surface area contributed by atoms with Gasteiger partial charge < -0.3 is 9.88 Å². The molecule has 0 saturated heterocycles. The van der Waals surface area contributed by atoms with Gasteiger partial charge in [-0.1, -0.05) is 22.9 Å². The second-order valence-electron chi connectivity index (χ2n) is 5.45. The summed E-state index contributed by atoms with van der Waals surface area (Å²) in [5.41, 5.74) is 0.918. The molecule has 0 bridgehead atoms. The predicted molar refractivity (Wildman–Crippen MR) is 89.7 cm³/mol. The minimum Gasteiger partial charge on any atom is -0.351 e. The van der Waals surface area contributed by atoms with Crippen LogP contribution in [-0.2, 0) is 13.1 Å². The zero-order valence-corrected chi connectivity index (χ0v) is 14.0. The number of imidazole rings is 1. The van der Waals surface area contributed by atoms with Crippen LogP contribution < -0.4 is 5.32 Å². The van der Waals surface area contributed by atoms with Gasteiger partial charge in [0, 0.05) is 30.5 Å². The van der Waals surface area contributed by atoms with E-state index in [1.54, 1.807) is 18.6 Å². The highest BCUT2D eigenvalue weighted by Crippen LogP contribution is 2.18. The molecule has 2 aromatic heterocycles. The normalized spacial score (nSPS) is 10.8. The number of aromatic nitrogens is 5. The van der Waals surface area contributed by atoms with Crippen LogP contribution in [0.4, 0.5) is 4.39 Å². The minimum absolute atomic E-state index is 0.223. The molecule has 0 aliphatic heterocycles. The van der Waals surface area contributed by atoms with Crippen LogP contribution in [0.1, 0.15) is 22.5 Å². The number of carbonyl (C=O) groups is 1. The van der Waals surface area contributed by atoms with Gasteiger partial charge >= 0.3 is 0 Å². The Kier molecular flexibility index (Phi) is 5.39. The first-order chi connectivity index (χ1) is 12.1. The van der Waals surface area contributed by atoms with Gasteiger partial charge in [0.15, 0.2) is 5.69 Å². The van der Waals surface area contributed by atoms with Crippen molar-refractivity contribution in [2.24, 2.45) is 0 Å². The Bertz CT molecular complexity index is 848. The fourth-order valence-corrected chi connectivity index (χ4v) is 2.50. The van der Waals surface area contributed by atoms with E-state index < -0.39 is 5.82 Å². The summed E-state index contributed by atoms with van der Waals surface area (Å²) < 4.78 is 16.5.